The summed E-state index contributed by atoms with van der Waals surface area (Å²) in [6, 6.07) is 5.43. The SMILES string of the molecule is CCCNc1cccc(NCC2CCCCS2)c1[N+](=O)[O-]. The van der Waals surface area contributed by atoms with E-state index in [2.05, 4.69) is 10.6 Å². The summed E-state index contributed by atoms with van der Waals surface area (Å²) in [7, 11) is 0. The van der Waals surface area contributed by atoms with Crippen molar-refractivity contribution in [2.75, 3.05) is 29.5 Å². The maximum atomic E-state index is 11.4. The van der Waals surface area contributed by atoms with Gasteiger partial charge in [0.05, 0.1) is 4.92 Å². The second-order valence-electron chi connectivity index (χ2n) is 5.26. The molecule has 0 saturated carbocycles. The molecule has 0 spiro atoms. The third kappa shape index (κ3) is 4.52. The summed E-state index contributed by atoms with van der Waals surface area (Å²) in [5.74, 6) is 1.20. The molecule has 1 aliphatic heterocycles. The fourth-order valence-corrected chi connectivity index (χ4v) is 3.72. The maximum Gasteiger partial charge on any atom is 0.315 e. The minimum Gasteiger partial charge on any atom is -0.379 e. The molecule has 0 aromatic heterocycles. The van der Waals surface area contributed by atoms with Gasteiger partial charge in [0.1, 0.15) is 11.4 Å². The van der Waals surface area contributed by atoms with Crippen molar-refractivity contribution in [3.63, 3.8) is 0 Å². The molecule has 1 saturated heterocycles. The number of rotatable bonds is 7. The van der Waals surface area contributed by atoms with Crippen LogP contribution in [0.2, 0.25) is 0 Å². The van der Waals surface area contributed by atoms with E-state index in [9.17, 15) is 10.1 Å². The van der Waals surface area contributed by atoms with E-state index in [0.29, 0.717) is 16.6 Å². The summed E-state index contributed by atoms with van der Waals surface area (Å²) in [5, 5.41) is 18.4. The van der Waals surface area contributed by atoms with E-state index in [4.69, 9.17) is 0 Å². The first kappa shape index (κ1) is 15.9. The molecule has 1 fully saturated rings. The Hall–Kier alpha value is -1.43. The monoisotopic (exact) mass is 309 g/mol. The molecule has 116 valence electrons. The zero-order valence-electron chi connectivity index (χ0n) is 12.4. The molecule has 1 atom stereocenters. The standard InChI is InChI=1S/C15H23N3O2S/c1-2-9-16-13-7-5-8-14(15(13)18(19)20)17-11-12-6-3-4-10-21-12/h5,7-8,12,16-17H,2-4,6,9-11H2,1H3. The molecular weight excluding hydrogens is 286 g/mol. The maximum absolute atomic E-state index is 11.4. The Morgan fingerprint density at radius 2 is 2.10 bits per heavy atom. The van der Waals surface area contributed by atoms with Crippen LogP contribution in [-0.2, 0) is 0 Å². The summed E-state index contributed by atoms with van der Waals surface area (Å²) >= 11 is 1.97. The number of nitro groups is 1. The van der Waals surface area contributed by atoms with Gasteiger partial charge in [0.25, 0.3) is 0 Å². The van der Waals surface area contributed by atoms with Gasteiger partial charge in [-0.1, -0.05) is 19.4 Å². The lowest BCUT2D eigenvalue weighted by Gasteiger charge is -2.22. The second-order valence-corrected chi connectivity index (χ2v) is 6.66. The number of thioether (sulfide) groups is 1. The van der Waals surface area contributed by atoms with Crippen LogP contribution in [0.25, 0.3) is 0 Å². The summed E-state index contributed by atoms with van der Waals surface area (Å²) in [6.45, 7) is 3.58. The van der Waals surface area contributed by atoms with Crippen LogP contribution in [0.5, 0.6) is 0 Å². The Morgan fingerprint density at radius 1 is 1.33 bits per heavy atom. The Labute approximate surface area is 130 Å². The zero-order valence-corrected chi connectivity index (χ0v) is 13.2. The highest BCUT2D eigenvalue weighted by Crippen LogP contribution is 2.33. The van der Waals surface area contributed by atoms with Crippen LogP contribution < -0.4 is 10.6 Å². The Bertz CT molecular complexity index is 476. The van der Waals surface area contributed by atoms with Gasteiger partial charge in [-0.3, -0.25) is 10.1 Å². The van der Waals surface area contributed by atoms with Gasteiger partial charge in [0, 0.05) is 18.3 Å². The Balaban J connectivity index is 2.07. The average Bonchev–Trinajstić information content (AvgIpc) is 2.51. The fraction of sp³-hybridized carbons (Fsp3) is 0.600. The van der Waals surface area contributed by atoms with Crippen LogP contribution >= 0.6 is 11.8 Å². The number of anilines is 2. The third-order valence-electron chi connectivity index (χ3n) is 3.58. The van der Waals surface area contributed by atoms with E-state index in [1.807, 2.05) is 24.8 Å². The minimum atomic E-state index is -0.297. The zero-order chi connectivity index (χ0) is 15.1. The number of hydrogen-bond acceptors (Lipinski definition) is 5. The predicted octanol–water partition coefficient (Wildman–Crippen LogP) is 4.11. The van der Waals surface area contributed by atoms with Crippen LogP contribution in [-0.4, -0.2) is 29.0 Å². The molecule has 1 aromatic rings. The average molecular weight is 309 g/mol. The summed E-state index contributed by atoms with van der Waals surface area (Å²) in [6.07, 6.45) is 4.68. The van der Waals surface area contributed by atoms with E-state index < -0.39 is 0 Å². The Morgan fingerprint density at radius 3 is 2.71 bits per heavy atom. The van der Waals surface area contributed by atoms with E-state index in [1.54, 1.807) is 12.1 Å². The third-order valence-corrected chi connectivity index (χ3v) is 4.98. The Kier molecular flexibility index (Phi) is 6.17. The van der Waals surface area contributed by atoms with Crippen molar-refractivity contribution in [3.05, 3.63) is 28.3 Å². The summed E-state index contributed by atoms with van der Waals surface area (Å²) < 4.78 is 0. The lowest BCUT2D eigenvalue weighted by Crippen LogP contribution is -2.20. The first-order valence-corrected chi connectivity index (χ1v) is 8.64. The highest BCUT2D eigenvalue weighted by Gasteiger charge is 2.21. The van der Waals surface area contributed by atoms with Crippen LogP contribution in [0.1, 0.15) is 32.6 Å². The fourth-order valence-electron chi connectivity index (χ4n) is 2.48. The van der Waals surface area contributed by atoms with Crippen molar-refractivity contribution in [3.8, 4) is 0 Å². The van der Waals surface area contributed by atoms with Crippen molar-refractivity contribution >= 4 is 28.8 Å². The second kappa shape index (κ2) is 8.12. The van der Waals surface area contributed by atoms with Crippen molar-refractivity contribution in [2.24, 2.45) is 0 Å². The quantitative estimate of drug-likeness (QED) is 0.586. The van der Waals surface area contributed by atoms with E-state index >= 15 is 0 Å². The van der Waals surface area contributed by atoms with Crippen molar-refractivity contribution in [1.29, 1.82) is 0 Å². The summed E-state index contributed by atoms with van der Waals surface area (Å²) in [5.41, 5.74) is 1.38. The first-order valence-electron chi connectivity index (χ1n) is 7.59. The molecule has 5 nitrogen and oxygen atoms in total. The molecule has 1 heterocycles. The minimum absolute atomic E-state index is 0.159. The molecule has 0 aliphatic carbocycles. The van der Waals surface area contributed by atoms with Crippen molar-refractivity contribution in [2.45, 2.75) is 37.9 Å². The first-order chi connectivity index (χ1) is 10.2. The lowest BCUT2D eigenvalue weighted by atomic mass is 10.1. The van der Waals surface area contributed by atoms with E-state index in [1.165, 1.54) is 25.0 Å². The van der Waals surface area contributed by atoms with Crippen LogP contribution in [0.15, 0.2) is 18.2 Å². The number of benzene rings is 1. The van der Waals surface area contributed by atoms with Crippen molar-refractivity contribution in [1.82, 2.24) is 0 Å². The number of hydrogen-bond donors (Lipinski definition) is 2. The molecule has 6 heteroatoms. The smallest absolute Gasteiger partial charge is 0.315 e. The van der Waals surface area contributed by atoms with Gasteiger partial charge in [0.15, 0.2) is 0 Å². The summed E-state index contributed by atoms with van der Waals surface area (Å²) in [4.78, 5) is 11.1. The largest absolute Gasteiger partial charge is 0.379 e. The molecular formula is C15H23N3O2S. The molecule has 0 radical (unpaired) electrons. The predicted molar refractivity (Wildman–Crippen MR) is 90.5 cm³/mol. The normalized spacial score (nSPS) is 18.2. The van der Waals surface area contributed by atoms with Gasteiger partial charge in [-0.05, 0) is 37.1 Å². The molecule has 1 aliphatic rings. The van der Waals surface area contributed by atoms with Crippen LogP contribution in [0.3, 0.4) is 0 Å². The molecule has 0 bridgehead atoms. The highest BCUT2D eigenvalue weighted by atomic mass is 32.2. The molecule has 0 amide bonds. The number of nitrogens with zero attached hydrogens (tertiary/aromatic N) is 1. The van der Waals surface area contributed by atoms with Crippen molar-refractivity contribution < 1.29 is 4.92 Å². The van der Waals surface area contributed by atoms with E-state index in [0.717, 1.165) is 19.5 Å². The van der Waals surface area contributed by atoms with Gasteiger partial charge >= 0.3 is 5.69 Å². The molecule has 21 heavy (non-hydrogen) atoms. The topological polar surface area (TPSA) is 67.2 Å². The van der Waals surface area contributed by atoms with Gasteiger partial charge < -0.3 is 10.6 Å². The number of nitro benzene ring substituents is 1. The number of nitrogens with one attached hydrogen (secondary N) is 2. The van der Waals surface area contributed by atoms with Crippen LogP contribution in [0.4, 0.5) is 17.1 Å². The molecule has 2 rings (SSSR count). The number of para-hydroxylation sites is 1. The van der Waals surface area contributed by atoms with Gasteiger partial charge in [-0.25, -0.2) is 0 Å². The lowest BCUT2D eigenvalue weighted by molar-refractivity contribution is -0.383. The van der Waals surface area contributed by atoms with E-state index in [-0.39, 0.29) is 10.6 Å². The van der Waals surface area contributed by atoms with Gasteiger partial charge in [0.2, 0.25) is 0 Å². The molecule has 2 N–H and O–H groups in total. The van der Waals surface area contributed by atoms with Gasteiger partial charge in [-0.15, -0.1) is 0 Å². The molecule has 1 aromatic carbocycles. The molecule has 1 unspecified atom stereocenters. The van der Waals surface area contributed by atoms with Crippen LogP contribution in [0, 0.1) is 10.1 Å². The van der Waals surface area contributed by atoms with Gasteiger partial charge in [-0.2, -0.15) is 11.8 Å². The highest BCUT2D eigenvalue weighted by molar-refractivity contribution is 7.99.